The molecule has 0 aromatic heterocycles. The van der Waals surface area contributed by atoms with Crippen LogP contribution in [0.3, 0.4) is 0 Å². The van der Waals surface area contributed by atoms with Crippen LogP contribution in [-0.2, 0) is 11.3 Å². The third-order valence-electron chi connectivity index (χ3n) is 4.13. The minimum Gasteiger partial charge on any atom is -0.341 e. The maximum atomic E-state index is 12.6. The summed E-state index contributed by atoms with van der Waals surface area (Å²) in [6, 6.07) is 8.05. The molecular weight excluding hydrogens is 316 g/mol. The van der Waals surface area contributed by atoms with Gasteiger partial charge in [-0.05, 0) is 24.5 Å². The van der Waals surface area contributed by atoms with Crippen LogP contribution in [0, 0.1) is 5.92 Å². The Bertz CT molecular complexity index is 464. The van der Waals surface area contributed by atoms with Crippen molar-refractivity contribution in [2.24, 2.45) is 11.7 Å². The topological polar surface area (TPSA) is 46.3 Å². The first-order valence-corrected chi connectivity index (χ1v) is 8.13. The Balaban J connectivity index is 2.02. The summed E-state index contributed by atoms with van der Waals surface area (Å²) in [7, 11) is 1.87. The molecule has 1 aliphatic carbocycles. The molecule has 1 amide bonds. The van der Waals surface area contributed by atoms with Gasteiger partial charge >= 0.3 is 0 Å². The van der Waals surface area contributed by atoms with E-state index in [9.17, 15) is 4.79 Å². The highest BCUT2D eigenvalue weighted by Gasteiger charge is 2.29. The Morgan fingerprint density at radius 3 is 2.75 bits per heavy atom. The molecule has 3 nitrogen and oxygen atoms in total. The summed E-state index contributed by atoms with van der Waals surface area (Å²) < 4.78 is 1.05. The second-order valence-electron chi connectivity index (χ2n) is 5.69. The summed E-state index contributed by atoms with van der Waals surface area (Å²) in [5, 5.41) is 0. The lowest BCUT2D eigenvalue weighted by molar-refractivity contribution is -0.135. The molecule has 0 spiro atoms. The second-order valence-corrected chi connectivity index (χ2v) is 6.55. The highest BCUT2D eigenvalue weighted by Crippen LogP contribution is 2.25. The first-order chi connectivity index (χ1) is 9.59. The van der Waals surface area contributed by atoms with Crippen molar-refractivity contribution in [3.05, 3.63) is 34.3 Å². The highest BCUT2D eigenvalue weighted by atomic mass is 79.9. The van der Waals surface area contributed by atoms with E-state index in [4.69, 9.17) is 5.73 Å². The van der Waals surface area contributed by atoms with Gasteiger partial charge in [0.05, 0.1) is 5.92 Å². The van der Waals surface area contributed by atoms with E-state index in [0.717, 1.165) is 35.7 Å². The van der Waals surface area contributed by atoms with Gasteiger partial charge in [0, 0.05) is 24.1 Å². The Hall–Kier alpha value is -0.870. The standard InChI is InChI=1S/C16H23BrN2O/c1-19(11-12-7-5-6-9-14(12)17)16(20)13-8-3-2-4-10-15(13)18/h5-7,9,13,15H,2-4,8,10-11,18H2,1H3. The molecule has 0 radical (unpaired) electrons. The lowest BCUT2D eigenvalue weighted by Crippen LogP contribution is -2.42. The summed E-state index contributed by atoms with van der Waals surface area (Å²) in [6.45, 7) is 0.628. The number of rotatable bonds is 3. The highest BCUT2D eigenvalue weighted by molar-refractivity contribution is 9.10. The molecule has 1 aromatic rings. The molecule has 1 aliphatic rings. The number of amides is 1. The zero-order valence-corrected chi connectivity index (χ0v) is 13.6. The fourth-order valence-electron chi connectivity index (χ4n) is 2.89. The average Bonchev–Trinajstić information content (AvgIpc) is 2.65. The number of nitrogens with zero attached hydrogens (tertiary/aromatic N) is 1. The summed E-state index contributed by atoms with van der Waals surface area (Å²) in [6.07, 6.45) is 5.37. The molecule has 1 saturated carbocycles. The smallest absolute Gasteiger partial charge is 0.227 e. The molecule has 2 rings (SSSR count). The zero-order valence-electron chi connectivity index (χ0n) is 12.0. The fourth-order valence-corrected chi connectivity index (χ4v) is 3.30. The summed E-state index contributed by atoms with van der Waals surface area (Å²) in [4.78, 5) is 14.4. The minimum atomic E-state index is -0.00927. The quantitative estimate of drug-likeness (QED) is 0.859. The van der Waals surface area contributed by atoms with E-state index in [0.29, 0.717) is 6.54 Å². The van der Waals surface area contributed by atoms with Gasteiger partial charge in [0.2, 0.25) is 5.91 Å². The lowest BCUT2D eigenvalue weighted by Gasteiger charge is -2.27. The molecule has 2 atom stereocenters. The fraction of sp³-hybridized carbons (Fsp3) is 0.562. The average molecular weight is 339 g/mol. The maximum Gasteiger partial charge on any atom is 0.227 e. The number of hydrogen-bond acceptors (Lipinski definition) is 2. The Morgan fingerprint density at radius 1 is 1.30 bits per heavy atom. The number of carbonyl (C=O) groups is 1. The van der Waals surface area contributed by atoms with Crippen LogP contribution in [0.1, 0.15) is 37.7 Å². The van der Waals surface area contributed by atoms with Gasteiger partial charge in [-0.25, -0.2) is 0 Å². The van der Waals surface area contributed by atoms with Crippen LogP contribution in [0.15, 0.2) is 28.7 Å². The number of benzene rings is 1. The van der Waals surface area contributed by atoms with Crippen LogP contribution in [0.5, 0.6) is 0 Å². The predicted octanol–water partition coefficient (Wildman–Crippen LogP) is 3.32. The van der Waals surface area contributed by atoms with E-state index in [1.165, 1.54) is 6.42 Å². The molecule has 4 heteroatoms. The Kier molecular flexibility index (Phi) is 5.61. The number of halogens is 1. The van der Waals surface area contributed by atoms with Crippen LogP contribution < -0.4 is 5.73 Å². The van der Waals surface area contributed by atoms with Gasteiger partial charge in [0.1, 0.15) is 0 Å². The molecular formula is C16H23BrN2O. The second kappa shape index (κ2) is 7.23. The van der Waals surface area contributed by atoms with E-state index in [1.54, 1.807) is 0 Å². The monoisotopic (exact) mass is 338 g/mol. The maximum absolute atomic E-state index is 12.6. The van der Waals surface area contributed by atoms with Crippen LogP contribution in [0.4, 0.5) is 0 Å². The Morgan fingerprint density at radius 2 is 2.00 bits per heavy atom. The summed E-state index contributed by atoms with van der Waals surface area (Å²) >= 11 is 3.53. The van der Waals surface area contributed by atoms with Gasteiger partial charge < -0.3 is 10.6 Å². The summed E-state index contributed by atoms with van der Waals surface area (Å²) in [5.41, 5.74) is 7.31. The van der Waals surface area contributed by atoms with Crippen molar-refractivity contribution in [1.29, 1.82) is 0 Å². The van der Waals surface area contributed by atoms with Crippen LogP contribution in [0.25, 0.3) is 0 Å². The first kappa shape index (κ1) is 15.5. The van der Waals surface area contributed by atoms with Gasteiger partial charge in [0.25, 0.3) is 0 Å². The van der Waals surface area contributed by atoms with E-state index in [2.05, 4.69) is 15.9 Å². The van der Waals surface area contributed by atoms with Gasteiger partial charge in [0.15, 0.2) is 0 Å². The molecule has 20 heavy (non-hydrogen) atoms. The van der Waals surface area contributed by atoms with Crippen LogP contribution in [-0.4, -0.2) is 23.9 Å². The van der Waals surface area contributed by atoms with Gasteiger partial charge in [-0.2, -0.15) is 0 Å². The Labute approximate surface area is 129 Å². The van der Waals surface area contributed by atoms with Crippen LogP contribution >= 0.6 is 15.9 Å². The summed E-state index contributed by atoms with van der Waals surface area (Å²) in [5.74, 6) is 0.181. The van der Waals surface area contributed by atoms with Crippen molar-refractivity contribution in [1.82, 2.24) is 4.90 Å². The molecule has 110 valence electrons. The molecule has 0 aliphatic heterocycles. The van der Waals surface area contributed by atoms with E-state index >= 15 is 0 Å². The van der Waals surface area contributed by atoms with Crippen molar-refractivity contribution in [3.8, 4) is 0 Å². The van der Waals surface area contributed by atoms with E-state index in [1.807, 2.05) is 36.2 Å². The first-order valence-electron chi connectivity index (χ1n) is 7.33. The van der Waals surface area contributed by atoms with Gasteiger partial charge in [-0.1, -0.05) is 53.4 Å². The minimum absolute atomic E-state index is 0.00927. The van der Waals surface area contributed by atoms with Crippen molar-refractivity contribution >= 4 is 21.8 Å². The largest absolute Gasteiger partial charge is 0.341 e. The molecule has 1 fully saturated rings. The molecule has 0 heterocycles. The molecule has 0 bridgehead atoms. The van der Waals surface area contributed by atoms with Gasteiger partial charge in [-0.15, -0.1) is 0 Å². The van der Waals surface area contributed by atoms with Gasteiger partial charge in [-0.3, -0.25) is 4.79 Å². The van der Waals surface area contributed by atoms with E-state index in [-0.39, 0.29) is 17.9 Å². The number of nitrogens with two attached hydrogens (primary N) is 1. The van der Waals surface area contributed by atoms with E-state index < -0.39 is 0 Å². The third-order valence-corrected chi connectivity index (χ3v) is 4.90. The molecule has 1 aromatic carbocycles. The zero-order chi connectivity index (χ0) is 14.5. The molecule has 2 unspecified atom stereocenters. The lowest BCUT2D eigenvalue weighted by atomic mass is 9.94. The van der Waals surface area contributed by atoms with Crippen molar-refractivity contribution in [3.63, 3.8) is 0 Å². The third kappa shape index (κ3) is 3.83. The SMILES string of the molecule is CN(Cc1ccccc1Br)C(=O)C1CCCCCC1N. The molecule has 0 saturated heterocycles. The van der Waals surface area contributed by atoms with Crippen molar-refractivity contribution < 1.29 is 4.79 Å². The number of hydrogen-bond donors (Lipinski definition) is 1. The normalized spacial score (nSPS) is 23.1. The molecule has 2 N–H and O–H groups in total. The van der Waals surface area contributed by atoms with Crippen LogP contribution in [0.2, 0.25) is 0 Å². The predicted molar refractivity (Wildman–Crippen MR) is 85.2 cm³/mol. The number of carbonyl (C=O) groups excluding carboxylic acids is 1. The van der Waals surface area contributed by atoms with Crippen molar-refractivity contribution in [2.75, 3.05) is 7.05 Å². The van der Waals surface area contributed by atoms with Crippen molar-refractivity contribution in [2.45, 2.75) is 44.7 Å².